The van der Waals surface area contributed by atoms with Crippen LogP contribution in [0.2, 0.25) is 5.02 Å². The zero-order chi connectivity index (χ0) is 26.0. The van der Waals surface area contributed by atoms with Crippen molar-refractivity contribution in [3.63, 3.8) is 0 Å². The molecule has 3 aromatic carbocycles. The van der Waals surface area contributed by atoms with Crippen molar-refractivity contribution in [2.75, 3.05) is 19.6 Å². The van der Waals surface area contributed by atoms with Crippen LogP contribution in [0.4, 0.5) is 0 Å². The van der Waals surface area contributed by atoms with E-state index in [4.69, 9.17) is 11.6 Å². The minimum absolute atomic E-state index is 0.792. The van der Waals surface area contributed by atoms with E-state index in [9.17, 15) is 9.90 Å². The van der Waals surface area contributed by atoms with Crippen molar-refractivity contribution < 1.29 is 9.90 Å². The number of hydrogen-bond acceptors (Lipinski definition) is 2. The summed E-state index contributed by atoms with van der Waals surface area (Å²) in [5.74, 6) is -0.792. The van der Waals surface area contributed by atoms with E-state index < -0.39 is 11.4 Å². The summed E-state index contributed by atoms with van der Waals surface area (Å²) in [6.45, 7) is 6.79. The Morgan fingerprint density at radius 2 is 1.57 bits per heavy atom. The summed E-state index contributed by atoms with van der Waals surface area (Å²) in [5.41, 5.74) is 9.87. The Morgan fingerprint density at radius 1 is 0.892 bits per heavy atom. The van der Waals surface area contributed by atoms with Crippen molar-refractivity contribution in [3.8, 4) is 0 Å². The van der Waals surface area contributed by atoms with Crippen LogP contribution in [0, 0.1) is 0 Å². The Kier molecular flexibility index (Phi) is 7.55. The molecule has 1 N–H and O–H groups in total. The first-order chi connectivity index (χ1) is 17.8. The van der Waals surface area contributed by atoms with Crippen molar-refractivity contribution in [2.45, 2.75) is 57.8 Å². The molecule has 0 atom stereocenters. The maximum absolute atomic E-state index is 11.5. The fourth-order valence-corrected chi connectivity index (χ4v) is 6.00. The summed E-state index contributed by atoms with van der Waals surface area (Å²) < 4.78 is 0. The molecule has 1 aliphatic heterocycles. The van der Waals surface area contributed by atoms with Crippen molar-refractivity contribution in [3.05, 3.63) is 111 Å². The van der Waals surface area contributed by atoms with Gasteiger partial charge in [-0.05, 0) is 110 Å². The predicted molar refractivity (Wildman–Crippen MR) is 152 cm³/mol. The normalized spacial score (nSPS) is 16.2. The monoisotopic (exact) mass is 513 g/mol. The molecule has 0 aromatic heterocycles. The maximum Gasteiger partial charge on any atom is 0.313 e. The lowest BCUT2D eigenvalue weighted by molar-refractivity contribution is -0.142. The number of rotatable bonds is 6. The van der Waals surface area contributed by atoms with Crippen molar-refractivity contribution in [1.29, 1.82) is 0 Å². The number of carboxylic acids is 1. The molecule has 0 spiro atoms. The molecule has 2 aliphatic rings. The summed E-state index contributed by atoms with van der Waals surface area (Å²) in [7, 11) is 0. The molecule has 0 saturated carbocycles. The van der Waals surface area contributed by atoms with E-state index in [0.29, 0.717) is 0 Å². The highest BCUT2D eigenvalue weighted by molar-refractivity contribution is 6.30. The number of benzene rings is 3. The van der Waals surface area contributed by atoms with E-state index in [-0.39, 0.29) is 0 Å². The molecular formula is C33H36ClNO2. The van der Waals surface area contributed by atoms with Gasteiger partial charge in [0.2, 0.25) is 0 Å². The van der Waals surface area contributed by atoms with E-state index in [2.05, 4.69) is 53.4 Å². The fourth-order valence-electron chi connectivity index (χ4n) is 5.81. The second-order valence-corrected chi connectivity index (χ2v) is 11.4. The van der Waals surface area contributed by atoms with Gasteiger partial charge in [0, 0.05) is 18.1 Å². The summed E-state index contributed by atoms with van der Waals surface area (Å²) in [5, 5.41) is 10.3. The number of likely N-dealkylation sites (tertiary alicyclic amines) is 1. The molecule has 1 heterocycles. The van der Waals surface area contributed by atoms with Gasteiger partial charge < -0.3 is 10.0 Å². The van der Waals surface area contributed by atoms with Gasteiger partial charge >= 0.3 is 5.97 Å². The zero-order valence-electron chi connectivity index (χ0n) is 21.9. The summed E-state index contributed by atoms with van der Waals surface area (Å²) >= 11 is 6.38. The minimum Gasteiger partial charge on any atom is -0.481 e. The number of nitrogens with zero attached hydrogens (tertiary/aromatic N) is 1. The SMILES string of the molecule is CC(C)(C(=O)O)c1ccc(CCCN2CCC(=C3c4ccccc4CCc4cc(Cl)ccc43)CC2)cc1. The minimum atomic E-state index is -0.858. The van der Waals surface area contributed by atoms with E-state index in [1.807, 2.05) is 18.2 Å². The summed E-state index contributed by atoms with van der Waals surface area (Å²) in [6.07, 6.45) is 6.42. The first-order valence-electron chi connectivity index (χ1n) is 13.5. The van der Waals surface area contributed by atoms with E-state index in [0.717, 1.165) is 68.7 Å². The molecule has 1 fully saturated rings. The Morgan fingerprint density at radius 3 is 2.30 bits per heavy atom. The Hall–Kier alpha value is -2.88. The number of carbonyl (C=O) groups is 1. The van der Waals surface area contributed by atoms with Crippen LogP contribution in [0.5, 0.6) is 0 Å². The average molecular weight is 514 g/mol. The van der Waals surface area contributed by atoms with Gasteiger partial charge in [-0.3, -0.25) is 4.79 Å². The highest BCUT2D eigenvalue weighted by atomic mass is 35.5. The lowest BCUT2D eigenvalue weighted by Crippen LogP contribution is -2.32. The van der Waals surface area contributed by atoms with Gasteiger partial charge in [-0.15, -0.1) is 0 Å². The van der Waals surface area contributed by atoms with Gasteiger partial charge in [0.05, 0.1) is 5.41 Å². The van der Waals surface area contributed by atoms with Crippen LogP contribution in [-0.2, 0) is 29.5 Å². The maximum atomic E-state index is 11.5. The number of aliphatic carboxylic acids is 1. The van der Waals surface area contributed by atoms with Crippen molar-refractivity contribution in [1.82, 2.24) is 4.90 Å². The molecule has 4 heteroatoms. The highest BCUT2D eigenvalue weighted by Gasteiger charge is 2.29. The highest BCUT2D eigenvalue weighted by Crippen LogP contribution is 2.39. The number of aryl methyl sites for hydroxylation is 3. The van der Waals surface area contributed by atoms with Crippen LogP contribution in [0.15, 0.2) is 72.3 Å². The third-order valence-electron chi connectivity index (χ3n) is 8.25. The topological polar surface area (TPSA) is 40.5 Å². The molecule has 0 radical (unpaired) electrons. The summed E-state index contributed by atoms with van der Waals surface area (Å²) in [4.78, 5) is 14.1. The quantitative estimate of drug-likeness (QED) is 0.375. The van der Waals surface area contributed by atoms with Crippen molar-refractivity contribution >= 4 is 23.1 Å². The van der Waals surface area contributed by atoms with Crippen LogP contribution in [-0.4, -0.2) is 35.6 Å². The first-order valence-corrected chi connectivity index (χ1v) is 13.8. The number of fused-ring (bicyclic) bond motifs is 2. The molecule has 0 amide bonds. The second kappa shape index (κ2) is 10.8. The van der Waals surface area contributed by atoms with Gasteiger partial charge in [0.1, 0.15) is 0 Å². The summed E-state index contributed by atoms with van der Waals surface area (Å²) in [6, 6.07) is 23.5. The zero-order valence-corrected chi connectivity index (χ0v) is 22.7. The molecule has 0 bridgehead atoms. The van der Waals surface area contributed by atoms with Crippen LogP contribution >= 0.6 is 11.6 Å². The van der Waals surface area contributed by atoms with Crippen LogP contribution in [0.25, 0.3) is 5.57 Å². The standard InChI is InChI=1S/C33H36ClNO2/c1-33(2,32(36)37)27-13-9-23(10-14-27)6-5-19-35-20-17-25(18-21-35)31-29-8-4-3-7-24(29)11-12-26-22-28(34)15-16-30(26)31/h3-4,7-10,13-16,22H,5-6,11-12,17-21H2,1-2H3,(H,36,37). The molecular weight excluding hydrogens is 478 g/mol. The van der Waals surface area contributed by atoms with E-state index in [1.54, 1.807) is 19.4 Å². The number of piperidine rings is 1. The van der Waals surface area contributed by atoms with Crippen LogP contribution < -0.4 is 0 Å². The van der Waals surface area contributed by atoms with Gasteiger partial charge in [0.25, 0.3) is 0 Å². The van der Waals surface area contributed by atoms with Gasteiger partial charge in [-0.1, -0.05) is 71.8 Å². The lowest BCUT2D eigenvalue weighted by atomic mass is 9.84. The van der Waals surface area contributed by atoms with E-state index in [1.165, 1.54) is 33.4 Å². The number of hydrogen-bond donors (Lipinski definition) is 1. The van der Waals surface area contributed by atoms with Gasteiger partial charge in [-0.2, -0.15) is 0 Å². The van der Waals surface area contributed by atoms with Crippen LogP contribution in [0.1, 0.15) is 66.5 Å². The molecule has 1 aliphatic carbocycles. The average Bonchev–Trinajstić information content (AvgIpc) is 3.06. The van der Waals surface area contributed by atoms with Gasteiger partial charge in [-0.25, -0.2) is 0 Å². The first kappa shape index (κ1) is 25.8. The van der Waals surface area contributed by atoms with Crippen LogP contribution in [0.3, 0.4) is 0 Å². The third kappa shape index (κ3) is 5.54. The molecule has 0 unspecified atom stereocenters. The molecule has 3 aromatic rings. The Labute approximate surface area is 225 Å². The molecule has 1 saturated heterocycles. The molecule has 37 heavy (non-hydrogen) atoms. The Bertz CT molecular complexity index is 1310. The molecule has 192 valence electrons. The lowest BCUT2D eigenvalue weighted by Gasteiger charge is -2.30. The van der Waals surface area contributed by atoms with E-state index >= 15 is 0 Å². The third-order valence-corrected chi connectivity index (χ3v) is 8.49. The number of halogens is 1. The second-order valence-electron chi connectivity index (χ2n) is 11.0. The molecule has 5 rings (SSSR count). The Balaban J connectivity index is 1.24. The van der Waals surface area contributed by atoms with Crippen molar-refractivity contribution in [2.24, 2.45) is 0 Å². The van der Waals surface area contributed by atoms with Gasteiger partial charge in [0.15, 0.2) is 0 Å². The largest absolute Gasteiger partial charge is 0.481 e. The smallest absolute Gasteiger partial charge is 0.313 e. The predicted octanol–water partition coefficient (Wildman–Crippen LogP) is 7.33. The fraction of sp³-hybridized carbons (Fsp3) is 0.364. The molecule has 3 nitrogen and oxygen atoms in total. The number of carboxylic acid groups (broad SMARTS) is 1.